The summed E-state index contributed by atoms with van der Waals surface area (Å²) in [6.07, 6.45) is 0.740. The second kappa shape index (κ2) is 6.85. The number of aliphatic carboxylic acids is 1. The first-order chi connectivity index (χ1) is 9.59. The molecular formula is C14H15NO3S2. The molecule has 1 aliphatic rings. The van der Waals surface area contributed by atoms with Crippen molar-refractivity contribution in [2.75, 3.05) is 11.6 Å². The fourth-order valence-corrected chi connectivity index (χ4v) is 3.58. The molecule has 106 valence electrons. The molecule has 6 heteroatoms. The topological polar surface area (TPSA) is 57.6 Å². The highest BCUT2D eigenvalue weighted by molar-refractivity contribution is 7.99. The summed E-state index contributed by atoms with van der Waals surface area (Å²) >= 11 is 6.83. The summed E-state index contributed by atoms with van der Waals surface area (Å²) in [6.45, 7) is 0. The Morgan fingerprint density at radius 2 is 2.00 bits per heavy atom. The third-order valence-corrected chi connectivity index (χ3v) is 4.60. The summed E-state index contributed by atoms with van der Waals surface area (Å²) in [7, 11) is 0. The Kier molecular flexibility index (Phi) is 5.14. The SMILES string of the molecule is O=C(CCC(=S)N1CSCC1C(=O)O)c1ccccc1. The van der Waals surface area contributed by atoms with Gasteiger partial charge in [0.25, 0.3) is 0 Å². The van der Waals surface area contributed by atoms with Crippen LogP contribution in [0.4, 0.5) is 0 Å². The van der Waals surface area contributed by atoms with Gasteiger partial charge in [0.1, 0.15) is 6.04 Å². The average molecular weight is 309 g/mol. The minimum Gasteiger partial charge on any atom is -0.480 e. The van der Waals surface area contributed by atoms with Crippen molar-refractivity contribution in [1.29, 1.82) is 0 Å². The van der Waals surface area contributed by atoms with Crippen LogP contribution >= 0.6 is 24.0 Å². The zero-order chi connectivity index (χ0) is 14.5. The van der Waals surface area contributed by atoms with Crippen LogP contribution in [0.2, 0.25) is 0 Å². The van der Waals surface area contributed by atoms with Gasteiger partial charge in [-0.2, -0.15) is 0 Å². The molecule has 1 saturated heterocycles. The number of hydrogen-bond acceptors (Lipinski definition) is 4. The minimum atomic E-state index is -0.855. The Bertz CT molecular complexity index is 518. The van der Waals surface area contributed by atoms with E-state index in [1.807, 2.05) is 18.2 Å². The van der Waals surface area contributed by atoms with Gasteiger partial charge in [0.2, 0.25) is 0 Å². The lowest BCUT2D eigenvalue weighted by Crippen LogP contribution is -2.41. The van der Waals surface area contributed by atoms with Crippen molar-refractivity contribution < 1.29 is 14.7 Å². The molecule has 0 radical (unpaired) electrons. The molecule has 1 aromatic carbocycles. The molecule has 0 aliphatic carbocycles. The fourth-order valence-electron chi connectivity index (χ4n) is 2.03. The van der Waals surface area contributed by atoms with Gasteiger partial charge in [0.05, 0.1) is 10.9 Å². The van der Waals surface area contributed by atoms with Crippen LogP contribution in [0.15, 0.2) is 30.3 Å². The highest BCUT2D eigenvalue weighted by atomic mass is 32.2. The monoisotopic (exact) mass is 309 g/mol. The zero-order valence-electron chi connectivity index (χ0n) is 10.8. The van der Waals surface area contributed by atoms with Crippen LogP contribution < -0.4 is 0 Å². The minimum absolute atomic E-state index is 0.0340. The molecule has 0 aromatic heterocycles. The van der Waals surface area contributed by atoms with E-state index in [9.17, 15) is 9.59 Å². The molecule has 4 nitrogen and oxygen atoms in total. The van der Waals surface area contributed by atoms with Crippen molar-refractivity contribution in [3.05, 3.63) is 35.9 Å². The highest BCUT2D eigenvalue weighted by Crippen LogP contribution is 2.23. The molecule has 1 aromatic rings. The van der Waals surface area contributed by atoms with Crippen molar-refractivity contribution in [3.8, 4) is 0 Å². The number of nitrogens with zero attached hydrogens (tertiary/aromatic N) is 1. The van der Waals surface area contributed by atoms with Gasteiger partial charge in [0, 0.05) is 24.2 Å². The van der Waals surface area contributed by atoms with Crippen LogP contribution in [0, 0.1) is 0 Å². The summed E-state index contributed by atoms with van der Waals surface area (Å²) in [5.41, 5.74) is 0.667. The van der Waals surface area contributed by atoms with Gasteiger partial charge in [-0.05, 0) is 0 Å². The van der Waals surface area contributed by atoms with Gasteiger partial charge in [-0.25, -0.2) is 4.79 Å². The number of rotatable bonds is 5. The van der Waals surface area contributed by atoms with E-state index in [2.05, 4.69) is 0 Å². The molecule has 0 amide bonds. The number of thiocarbonyl (C=S) groups is 1. The number of ketones is 1. The van der Waals surface area contributed by atoms with Crippen LogP contribution in [0.5, 0.6) is 0 Å². The number of carboxylic acid groups (broad SMARTS) is 1. The summed E-state index contributed by atoms with van der Waals surface area (Å²) in [6, 6.07) is 8.50. The van der Waals surface area contributed by atoms with Gasteiger partial charge >= 0.3 is 5.97 Å². The highest BCUT2D eigenvalue weighted by Gasteiger charge is 2.32. The van der Waals surface area contributed by atoms with Gasteiger partial charge in [-0.15, -0.1) is 11.8 Å². The van der Waals surface area contributed by atoms with Gasteiger partial charge in [0.15, 0.2) is 5.78 Å². The van der Waals surface area contributed by atoms with E-state index in [1.165, 1.54) is 0 Å². The number of hydrogen-bond donors (Lipinski definition) is 1. The van der Waals surface area contributed by atoms with Crippen LogP contribution in [0.25, 0.3) is 0 Å². The van der Waals surface area contributed by atoms with Crippen LogP contribution in [-0.4, -0.2) is 44.4 Å². The summed E-state index contributed by atoms with van der Waals surface area (Å²) < 4.78 is 0. The van der Waals surface area contributed by atoms with Gasteiger partial charge in [-0.1, -0.05) is 42.5 Å². The first-order valence-corrected chi connectivity index (χ1v) is 7.84. The van der Waals surface area contributed by atoms with Crippen LogP contribution in [0.3, 0.4) is 0 Å². The number of Topliss-reactive ketones (excluding diaryl/α,β-unsaturated/α-hetero) is 1. The lowest BCUT2D eigenvalue weighted by molar-refractivity contribution is -0.140. The Morgan fingerprint density at radius 3 is 2.65 bits per heavy atom. The number of benzene rings is 1. The lowest BCUT2D eigenvalue weighted by Gasteiger charge is -2.23. The van der Waals surface area contributed by atoms with E-state index >= 15 is 0 Å². The van der Waals surface area contributed by atoms with Crippen molar-refractivity contribution in [3.63, 3.8) is 0 Å². The molecule has 1 atom stereocenters. The molecule has 1 heterocycles. The predicted molar refractivity (Wildman–Crippen MR) is 83.2 cm³/mol. The smallest absolute Gasteiger partial charge is 0.327 e. The zero-order valence-corrected chi connectivity index (χ0v) is 12.5. The molecule has 1 aliphatic heterocycles. The third-order valence-electron chi connectivity index (χ3n) is 3.15. The van der Waals surface area contributed by atoms with Gasteiger partial charge in [-0.3, -0.25) is 4.79 Å². The second-order valence-electron chi connectivity index (χ2n) is 4.51. The molecule has 1 fully saturated rings. The Labute approximate surface area is 127 Å². The van der Waals surface area contributed by atoms with Crippen LogP contribution in [0.1, 0.15) is 23.2 Å². The van der Waals surface area contributed by atoms with E-state index in [4.69, 9.17) is 17.3 Å². The molecule has 1 unspecified atom stereocenters. The molecule has 1 N–H and O–H groups in total. The quantitative estimate of drug-likeness (QED) is 0.666. The van der Waals surface area contributed by atoms with E-state index in [0.29, 0.717) is 35.0 Å². The van der Waals surface area contributed by atoms with E-state index in [-0.39, 0.29) is 5.78 Å². The molecule has 0 bridgehead atoms. The van der Waals surface area contributed by atoms with Crippen LogP contribution in [-0.2, 0) is 4.79 Å². The van der Waals surface area contributed by atoms with Crippen molar-refractivity contribution in [2.45, 2.75) is 18.9 Å². The third kappa shape index (κ3) is 3.58. The molecular weight excluding hydrogens is 294 g/mol. The first kappa shape index (κ1) is 15.0. The molecule has 2 rings (SSSR count). The molecule has 20 heavy (non-hydrogen) atoms. The number of thioether (sulfide) groups is 1. The Balaban J connectivity index is 1.89. The Morgan fingerprint density at radius 1 is 1.30 bits per heavy atom. The second-order valence-corrected chi connectivity index (χ2v) is 5.98. The normalized spacial score (nSPS) is 18.0. The number of carbonyl (C=O) groups is 2. The van der Waals surface area contributed by atoms with Crippen molar-refractivity contribution in [2.24, 2.45) is 0 Å². The van der Waals surface area contributed by atoms with E-state index < -0.39 is 12.0 Å². The summed E-state index contributed by atoms with van der Waals surface area (Å²) in [4.78, 5) is 25.3. The summed E-state index contributed by atoms with van der Waals surface area (Å²) in [5.74, 6) is 0.315. The maximum Gasteiger partial charge on any atom is 0.327 e. The standard InChI is InChI=1S/C14H15NO3S2/c16-12(10-4-2-1-3-5-10)6-7-13(19)15-9-20-8-11(15)14(17)18/h1-5,11H,6-9H2,(H,17,18). The van der Waals surface area contributed by atoms with Crippen molar-refractivity contribution >= 4 is 40.7 Å². The van der Waals surface area contributed by atoms with E-state index in [0.717, 1.165) is 0 Å². The maximum absolute atomic E-state index is 12.0. The Hall–Kier alpha value is -1.40. The first-order valence-electron chi connectivity index (χ1n) is 6.28. The fraction of sp³-hybridized carbons (Fsp3) is 0.357. The predicted octanol–water partition coefficient (Wildman–Crippen LogP) is 2.44. The number of carbonyl (C=O) groups excluding carboxylic acids is 1. The van der Waals surface area contributed by atoms with Crippen molar-refractivity contribution in [1.82, 2.24) is 4.90 Å². The van der Waals surface area contributed by atoms with Gasteiger partial charge < -0.3 is 10.0 Å². The summed E-state index contributed by atoms with van der Waals surface area (Å²) in [5, 5.41) is 9.11. The molecule has 0 saturated carbocycles. The lowest BCUT2D eigenvalue weighted by atomic mass is 10.1. The number of carboxylic acids is 1. The largest absolute Gasteiger partial charge is 0.480 e. The average Bonchev–Trinajstić information content (AvgIpc) is 2.95. The molecule has 0 spiro atoms. The maximum atomic E-state index is 12.0. The van der Waals surface area contributed by atoms with E-state index in [1.54, 1.807) is 28.8 Å².